The lowest BCUT2D eigenvalue weighted by Gasteiger charge is -2.48. The number of benzene rings is 1. The minimum absolute atomic E-state index is 0.0572. The molecule has 0 unspecified atom stereocenters. The predicted octanol–water partition coefficient (Wildman–Crippen LogP) is 3.61. The standard InChI is InChI=1S/C27H25F2N5O2/c28-22-8-20(18-1-2-19-7-17(10-30)11-31-23(19)9-18)12-32-24(22)13-33-6-5-27(25(29)14-33)16-34(21-3-4-21)26(35)15-36-27/h1-2,7-9,11-12,21,25H,3-6,13-16H2/t25-,27+/m0/s1. The molecule has 9 heteroatoms. The highest BCUT2D eigenvalue weighted by Crippen LogP contribution is 2.38. The van der Waals surface area contributed by atoms with Gasteiger partial charge >= 0.3 is 0 Å². The normalized spacial score (nSPS) is 24.9. The maximum atomic E-state index is 15.4. The second-order valence-electron chi connectivity index (χ2n) is 9.95. The number of carbonyl (C=O) groups is 1. The fourth-order valence-corrected chi connectivity index (χ4v) is 5.22. The number of carbonyl (C=O) groups excluding carboxylic acids is 1. The van der Waals surface area contributed by atoms with Crippen LogP contribution in [-0.4, -0.2) is 69.7 Å². The molecule has 0 radical (unpaired) electrons. The third-order valence-electron chi connectivity index (χ3n) is 7.51. The van der Waals surface area contributed by atoms with Crippen molar-refractivity contribution in [3.05, 3.63) is 59.8 Å². The Morgan fingerprint density at radius 2 is 2.03 bits per heavy atom. The maximum absolute atomic E-state index is 15.4. The molecule has 184 valence electrons. The van der Waals surface area contributed by atoms with Crippen molar-refractivity contribution < 1.29 is 18.3 Å². The van der Waals surface area contributed by atoms with Gasteiger partial charge in [-0.3, -0.25) is 19.7 Å². The van der Waals surface area contributed by atoms with Gasteiger partial charge in [0.05, 0.1) is 23.3 Å². The van der Waals surface area contributed by atoms with E-state index >= 15 is 8.78 Å². The summed E-state index contributed by atoms with van der Waals surface area (Å²) < 4.78 is 36.2. The lowest BCUT2D eigenvalue weighted by Crippen LogP contribution is -2.64. The van der Waals surface area contributed by atoms with Crippen LogP contribution < -0.4 is 0 Å². The minimum atomic E-state index is -1.27. The van der Waals surface area contributed by atoms with E-state index in [4.69, 9.17) is 10.00 Å². The van der Waals surface area contributed by atoms with Gasteiger partial charge in [0, 0.05) is 49.0 Å². The Balaban J connectivity index is 1.14. The number of halogens is 2. The molecule has 3 aliphatic rings. The zero-order valence-electron chi connectivity index (χ0n) is 19.7. The molecule has 2 atom stereocenters. The SMILES string of the molecule is N#Cc1cnc2cc(-c3cnc(CN4CC[C@@]5(CN(C6CC6)C(=O)CO5)[C@@H](F)C4)c(F)c3)ccc2c1. The van der Waals surface area contributed by atoms with Gasteiger partial charge in [-0.15, -0.1) is 0 Å². The van der Waals surface area contributed by atoms with Crippen molar-refractivity contribution in [3.63, 3.8) is 0 Å². The number of piperidine rings is 1. The van der Waals surface area contributed by atoms with Gasteiger partial charge in [0.1, 0.15) is 30.3 Å². The Morgan fingerprint density at radius 1 is 1.17 bits per heavy atom. The highest BCUT2D eigenvalue weighted by Gasteiger charge is 2.51. The molecule has 3 aromatic rings. The Hall–Kier alpha value is -3.48. The van der Waals surface area contributed by atoms with Gasteiger partial charge in [-0.1, -0.05) is 12.1 Å². The molecule has 36 heavy (non-hydrogen) atoms. The molecule has 7 nitrogen and oxygen atoms in total. The highest BCUT2D eigenvalue weighted by molar-refractivity contribution is 5.85. The molecule has 2 aliphatic heterocycles. The lowest BCUT2D eigenvalue weighted by atomic mass is 9.87. The lowest BCUT2D eigenvalue weighted by molar-refractivity contribution is -0.189. The van der Waals surface area contributed by atoms with Gasteiger partial charge in [0.25, 0.3) is 0 Å². The van der Waals surface area contributed by atoms with E-state index in [1.807, 2.05) is 23.1 Å². The first kappa shape index (κ1) is 23.0. The molecule has 4 heterocycles. The summed E-state index contributed by atoms with van der Waals surface area (Å²) in [7, 11) is 0. The Bertz CT molecular complexity index is 1390. The molecule has 0 N–H and O–H groups in total. The number of amides is 1. The summed E-state index contributed by atoms with van der Waals surface area (Å²) in [6, 6.07) is 11.0. The van der Waals surface area contributed by atoms with Crippen LogP contribution in [0.15, 0.2) is 42.7 Å². The third kappa shape index (κ3) is 4.21. The van der Waals surface area contributed by atoms with Crippen LogP contribution in [0, 0.1) is 17.1 Å². The van der Waals surface area contributed by atoms with Crippen LogP contribution in [0.4, 0.5) is 8.78 Å². The van der Waals surface area contributed by atoms with Crippen LogP contribution in [0.2, 0.25) is 0 Å². The largest absolute Gasteiger partial charge is 0.360 e. The molecule has 6 rings (SSSR count). The van der Waals surface area contributed by atoms with Gasteiger partial charge in [0.15, 0.2) is 0 Å². The first-order chi connectivity index (χ1) is 17.4. The summed E-state index contributed by atoms with van der Waals surface area (Å²) in [5.74, 6) is -0.506. The second-order valence-corrected chi connectivity index (χ2v) is 9.95. The summed E-state index contributed by atoms with van der Waals surface area (Å²) in [4.78, 5) is 24.5. The number of nitrogens with zero attached hydrogens (tertiary/aromatic N) is 5. The number of ether oxygens (including phenoxy) is 1. The zero-order valence-corrected chi connectivity index (χ0v) is 19.7. The van der Waals surface area contributed by atoms with Crippen LogP contribution >= 0.6 is 0 Å². The summed E-state index contributed by atoms with van der Waals surface area (Å²) in [6.45, 7) is 1.07. The number of hydrogen-bond acceptors (Lipinski definition) is 6. The number of likely N-dealkylation sites (tertiary alicyclic amines) is 1. The topological polar surface area (TPSA) is 82.4 Å². The first-order valence-corrected chi connectivity index (χ1v) is 12.2. The summed E-state index contributed by atoms with van der Waals surface area (Å²) in [5, 5.41) is 9.87. The van der Waals surface area contributed by atoms with Crippen LogP contribution in [0.5, 0.6) is 0 Å². The van der Waals surface area contributed by atoms with Crippen molar-refractivity contribution in [2.75, 3.05) is 26.2 Å². The highest BCUT2D eigenvalue weighted by atomic mass is 19.1. The number of fused-ring (bicyclic) bond motifs is 1. The van der Waals surface area contributed by atoms with Crippen molar-refractivity contribution in [3.8, 4) is 17.2 Å². The molecule has 2 aromatic heterocycles. The van der Waals surface area contributed by atoms with E-state index in [2.05, 4.69) is 16.0 Å². The molecule has 1 saturated carbocycles. The molecular formula is C27H25F2N5O2. The first-order valence-electron chi connectivity index (χ1n) is 12.2. The Labute approximate surface area is 207 Å². The average Bonchev–Trinajstić information content (AvgIpc) is 3.73. The molecule has 1 spiro atoms. The number of nitriles is 1. The monoisotopic (exact) mass is 489 g/mol. The number of rotatable bonds is 4. The molecular weight excluding hydrogens is 464 g/mol. The van der Waals surface area contributed by atoms with Crippen molar-refractivity contribution in [2.45, 2.75) is 43.6 Å². The van der Waals surface area contributed by atoms with E-state index in [1.165, 1.54) is 12.3 Å². The molecule has 1 aliphatic carbocycles. The quantitative estimate of drug-likeness (QED) is 0.557. The summed E-state index contributed by atoms with van der Waals surface area (Å²) in [6.07, 6.45) is 4.25. The van der Waals surface area contributed by atoms with E-state index in [0.29, 0.717) is 36.2 Å². The molecule has 2 saturated heterocycles. The van der Waals surface area contributed by atoms with E-state index in [1.54, 1.807) is 17.2 Å². The zero-order chi connectivity index (χ0) is 24.9. The smallest absolute Gasteiger partial charge is 0.248 e. The Kier molecular flexibility index (Phi) is 5.66. The number of pyridine rings is 2. The second kappa shape index (κ2) is 8.87. The Morgan fingerprint density at radius 3 is 2.78 bits per heavy atom. The van der Waals surface area contributed by atoms with Crippen molar-refractivity contribution in [2.24, 2.45) is 0 Å². The van der Waals surface area contributed by atoms with Crippen molar-refractivity contribution in [1.82, 2.24) is 19.8 Å². The number of alkyl halides is 1. The average molecular weight is 490 g/mol. The predicted molar refractivity (Wildman–Crippen MR) is 128 cm³/mol. The fraction of sp³-hybridized carbons (Fsp3) is 0.407. The molecule has 0 bridgehead atoms. The van der Waals surface area contributed by atoms with Crippen LogP contribution in [-0.2, 0) is 16.1 Å². The van der Waals surface area contributed by atoms with Gasteiger partial charge in [-0.2, -0.15) is 5.26 Å². The minimum Gasteiger partial charge on any atom is -0.360 e. The molecule has 1 amide bonds. The maximum Gasteiger partial charge on any atom is 0.248 e. The van der Waals surface area contributed by atoms with Crippen molar-refractivity contribution in [1.29, 1.82) is 5.26 Å². The summed E-state index contributed by atoms with van der Waals surface area (Å²) in [5.41, 5.74) is 1.87. The van der Waals surface area contributed by atoms with E-state index in [-0.39, 0.29) is 37.3 Å². The van der Waals surface area contributed by atoms with E-state index in [9.17, 15) is 4.79 Å². The van der Waals surface area contributed by atoms with Gasteiger partial charge in [-0.25, -0.2) is 8.78 Å². The summed E-state index contributed by atoms with van der Waals surface area (Å²) >= 11 is 0. The number of hydrogen-bond donors (Lipinski definition) is 0. The van der Waals surface area contributed by atoms with Gasteiger partial charge in [0.2, 0.25) is 5.91 Å². The van der Waals surface area contributed by atoms with Crippen LogP contribution in [0.1, 0.15) is 30.5 Å². The van der Waals surface area contributed by atoms with E-state index < -0.39 is 17.6 Å². The molecule has 1 aromatic carbocycles. The number of morpholine rings is 1. The van der Waals surface area contributed by atoms with Crippen LogP contribution in [0.25, 0.3) is 22.0 Å². The number of aromatic nitrogens is 2. The van der Waals surface area contributed by atoms with Gasteiger partial charge < -0.3 is 9.64 Å². The fourth-order valence-electron chi connectivity index (χ4n) is 5.22. The third-order valence-corrected chi connectivity index (χ3v) is 7.51. The van der Waals surface area contributed by atoms with Crippen LogP contribution in [0.3, 0.4) is 0 Å². The van der Waals surface area contributed by atoms with E-state index in [0.717, 1.165) is 23.8 Å². The van der Waals surface area contributed by atoms with Gasteiger partial charge in [-0.05, 0) is 43.0 Å². The van der Waals surface area contributed by atoms with Crippen molar-refractivity contribution >= 4 is 16.8 Å². The molecule has 3 fully saturated rings.